The highest BCUT2D eigenvalue weighted by atomic mass is 32.2. The molecule has 2 aromatic rings. The summed E-state index contributed by atoms with van der Waals surface area (Å²) in [5.41, 5.74) is 7.52. The van der Waals surface area contributed by atoms with Gasteiger partial charge in [0.25, 0.3) is 5.22 Å². The number of nitriles is 1. The van der Waals surface area contributed by atoms with E-state index in [4.69, 9.17) is 15.4 Å². The molecule has 0 fully saturated rings. The molecule has 86 valence electrons. The molecule has 2 rings (SSSR count). The maximum absolute atomic E-state index is 8.70. The van der Waals surface area contributed by atoms with Crippen LogP contribution in [-0.2, 0) is 0 Å². The average Bonchev–Trinajstić information content (AvgIpc) is 2.61. The Hall–Kier alpha value is -2.00. The van der Waals surface area contributed by atoms with Gasteiger partial charge in [0.2, 0.25) is 0 Å². The molecule has 0 bridgehead atoms. The number of anilines is 1. The summed E-state index contributed by atoms with van der Waals surface area (Å²) in [6, 6.07) is 3.56. The summed E-state index contributed by atoms with van der Waals surface area (Å²) in [6.45, 7) is 3.72. The fourth-order valence-electron chi connectivity index (χ4n) is 1.19. The highest BCUT2D eigenvalue weighted by Gasteiger charge is 2.11. The number of oxazole rings is 1. The van der Waals surface area contributed by atoms with Crippen molar-refractivity contribution in [2.24, 2.45) is 0 Å². The second-order valence-electron chi connectivity index (χ2n) is 3.45. The maximum atomic E-state index is 8.70. The molecule has 2 N–H and O–H groups in total. The Morgan fingerprint density at radius 3 is 2.76 bits per heavy atom. The molecule has 0 aliphatic carbocycles. The van der Waals surface area contributed by atoms with Gasteiger partial charge in [0.05, 0.1) is 16.9 Å². The predicted octanol–water partition coefficient (Wildman–Crippen LogP) is 2.29. The smallest absolute Gasteiger partial charge is 0.262 e. The zero-order valence-corrected chi connectivity index (χ0v) is 10.2. The van der Waals surface area contributed by atoms with E-state index >= 15 is 0 Å². The summed E-state index contributed by atoms with van der Waals surface area (Å²) in [5, 5.41) is 9.79. The first-order chi connectivity index (χ1) is 8.10. The van der Waals surface area contributed by atoms with Crippen LogP contribution in [0.2, 0.25) is 0 Å². The van der Waals surface area contributed by atoms with Crippen molar-refractivity contribution in [2.45, 2.75) is 24.1 Å². The third-order valence-electron chi connectivity index (χ3n) is 2.20. The lowest BCUT2D eigenvalue weighted by Crippen LogP contribution is -1.93. The molecule has 0 saturated heterocycles. The lowest BCUT2D eigenvalue weighted by molar-refractivity contribution is 0.431. The summed E-state index contributed by atoms with van der Waals surface area (Å²) in [5.74, 6) is 0.778. The van der Waals surface area contributed by atoms with Crippen LogP contribution in [0.5, 0.6) is 0 Å². The van der Waals surface area contributed by atoms with E-state index in [1.807, 2.05) is 19.9 Å². The molecule has 0 spiro atoms. The van der Waals surface area contributed by atoms with Crippen LogP contribution in [0.3, 0.4) is 0 Å². The average molecular weight is 246 g/mol. The summed E-state index contributed by atoms with van der Waals surface area (Å²) >= 11 is 1.25. The van der Waals surface area contributed by atoms with E-state index < -0.39 is 0 Å². The Balaban J connectivity index is 2.28. The van der Waals surface area contributed by atoms with Crippen LogP contribution in [0.4, 0.5) is 5.69 Å². The van der Waals surface area contributed by atoms with Crippen molar-refractivity contribution in [1.29, 1.82) is 5.26 Å². The normalized spacial score (nSPS) is 10.2. The third kappa shape index (κ3) is 2.40. The molecule has 0 radical (unpaired) electrons. The fraction of sp³-hybridized carbons (Fsp3) is 0.182. The predicted molar refractivity (Wildman–Crippen MR) is 63.5 cm³/mol. The van der Waals surface area contributed by atoms with E-state index in [1.165, 1.54) is 18.0 Å². The van der Waals surface area contributed by atoms with Gasteiger partial charge < -0.3 is 10.2 Å². The number of aromatic nitrogens is 2. The van der Waals surface area contributed by atoms with Gasteiger partial charge in [-0.3, -0.25) is 0 Å². The van der Waals surface area contributed by atoms with E-state index in [9.17, 15) is 0 Å². The highest BCUT2D eigenvalue weighted by Crippen LogP contribution is 2.30. The molecule has 5 nitrogen and oxygen atoms in total. The number of nitrogen functional groups attached to an aromatic ring is 1. The molecular formula is C11H10N4OS. The lowest BCUT2D eigenvalue weighted by Gasteiger charge is -2.00. The topological polar surface area (TPSA) is 88.7 Å². The third-order valence-corrected chi connectivity index (χ3v) is 3.08. The number of rotatable bonds is 2. The van der Waals surface area contributed by atoms with Crippen molar-refractivity contribution in [3.05, 3.63) is 29.3 Å². The van der Waals surface area contributed by atoms with Crippen LogP contribution in [0.1, 0.15) is 17.0 Å². The molecule has 17 heavy (non-hydrogen) atoms. The van der Waals surface area contributed by atoms with Gasteiger partial charge in [-0.1, -0.05) is 0 Å². The SMILES string of the molecule is Cc1nc(Sc2ncc(C#N)cc2N)oc1C. The number of nitrogens with zero attached hydrogens (tertiary/aromatic N) is 3. The number of pyridine rings is 1. The zero-order valence-electron chi connectivity index (χ0n) is 9.39. The van der Waals surface area contributed by atoms with Gasteiger partial charge in [-0.15, -0.1) is 0 Å². The summed E-state index contributed by atoms with van der Waals surface area (Å²) in [6.07, 6.45) is 1.47. The second kappa shape index (κ2) is 4.47. The van der Waals surface area contributed by atoms with Crippen molar-refractivity contribution in [3.8, 4) is 6.07 Å². The van der Waals surface area contributed by atoms with Crippen molar-refractivity contribution < 1.29 is 4.42 Å². The molecule has 0 aliphatic rings. The van der Waals surface area contributed by atoms with Crippen molar-refractivity contribution in [2.75, 3.05) is 5.73 Å². The fourth-order valence-corrected chi connectivity index (χ4v) is 1.98. The van der Waals surface area contributed by atoms with E-state index in [1.54, 1.807) is 6.07 Å². The first kappa shape index (κ1) is 11.5. The minimum absolute atomic E-state index is 0.437. The first-order valence-electron chi connectivity index (χ1n) is 4.87. The maximum Gasteiger partial charge on any atom is 0.262 e. The Kier molecular flexibility index (Phi) is 3.02. The van der Waals surface area contributed by atoms with E-state index in [0.717, 1.165) is 11.5 Å². The van der Waals surface area contributed by atoms with Gasteiger partial charge >= 0.3 is 0 Å². The molecule has 0 unspecified atom stereocenters. The van der Waals surface area contributed by atoms with Crippen LogP contribution in [0.25, 0.3) is 0 Å². The second-order valence-corrected chi connectivity index (χ2v) is 4.39. The minimum Gasteiger partial charge on any atom is -0.436 e. The Morgan fingerprint density at radius 1 is 1.47 bits per heavy atom. The molecular weight excluding hydrogens is 236 g/mol. The monoisotopic (exact) mass is 246 g/mol. The van der Waals surface area contributed by atoms with Gasteiger partial charge in [0.15, 0.2) is 0 Å². The van der Waals surface area contributed by atoms with Gasteiger partial charge in [-0.2, -0.15) is 5.26 Å². The number of nitrogens with two attached hydrogens (primary N) is 1. The largest absolute Gasteiger partial charge is 0.436 e. The Labute approximate surface area is 103 Å². The molecule has 0 aromatic carbocycles. The van der Waals surface area contributed by atoms with Gasteiger partial charge in [-0.25, -0.2) is 9.97 Å². The first-order valence-corrected chi connectivity index (χ1v) is 5.69. The summed E-state index contributed by atoms with van der Waals surface area (Å²) < 4.78 is 5.42. The standard InChI is InChI=1S/C11H10N4OS/c1-6-7(2)16-11(15-6)17-10-9(13)3-8(4-12)5-14-10/h3,5H,13H2,1-2H3. The van der Waals surface area contributed by atoms with Crippen LogP contribution in [-0.4, -0.2) is 9.97 Å². The van der Waals surface area contributed by atoms with E-state index in [0.29, 0.717) is 21.5 Å². The highest BCUT2D eigenvalue weighted by molar-refractivity contribution is 7.99. The summed E-state index contributed by atoms with van der Waals surface area (Å²) in [7, 11) is 0. The molecule has 0 atom stereocenters. The van der Waals surface area contributed by atoms with Crippen molar-refractivity contribution >= 4 is 17.4 Å². The Bertz CT molecular complexity index is 581. The van der Waals surface area contributed by atoms with Crippen LogP contribution >= 0.6 is 11.8 Å². The number of aryl methyl sites for hydroxylation is 2. The van der Waals surface area contributed by atoms with Gasteiger partial charge in [0.1, 0.15) is 16.9 Å². The van der Waals surface area contributed by atoms with Crippen LogP contribution < -0.4 is 5.73 Å². The van der Waals surface area contributed by atoms with E-state index in [2.05, 4.69) is 9.97 Å². The molecule has 0 saturated carbocycles. The van der Waals surface area contributed by atoms with Gasteiger partial charge in [0, 0.05) is 6.20 Å². The number of hydrogen-bond acceptors (Lipinski definition) is 6. The number of hydrogen-bond donors (Lipinski definition) is 1. The zero-order chi connectivity index (χ0) is 12.4. The molecule has 0 amide bonds. The van der Waals surface area contributed by atoms with Crippen molar-refractivity contribution in [1.82, 2.24) is 9.97 Å². The quantitative estimate of drug-likeness (QED) is 0.874. The van der Waals surface area contributed by atoms with Crippen LogP contribution in [0.15, 0.2) is 26.9 Å². The van der Waals surface area contributed by atoms with Crippen LogP contribution in [0, 0.1) is 25.2 Å². The van der Waals surface area contributed by atoms with Crippen molar-refractivity contribution in [3.63, 3.8) is 0 Å². The molecule has 6 heteroatoms. The summed E-state index contributed by atoms with van der Waals surface area (Å²) in [4.78, 5) is 8.32. The van der Waals surface area contributed by atoms with E-state index in [-0.39, 0.29) is 0 Å². The minimum atomic E-state index is 0.437. The Morgan fingerprint density at radius 2 is 2.24 bits per heavy atom. The molecule has 2 aromatic heterocycles. The van der Waals surface area contributed by atoms with Gasteiger partial charge in [-0.05, 0) is 31.7 Å². The molecule has 2 heterocycles. The lowest BCUT2D eigenvalue weighted by atomic mass is 10.3. The molecule has 0 aliphatic heterocycles.